The number of benzene rings is 1. The van der Waals surface area contributed by atoms with Gasteiger partial charge in [0.1, 0.15) is 0 Å². The van der Waals surface area contributed by atoms with Crippen molar-refractivity contribution in [1.82, 2.24) is 5.32 Å². The van der Waals surface area contributed by atoms with Crippen molar-refractivity contribution in [2.75, 3.05) is 19.3 Å². The van der Waals surface area contributed by atoms with Gasteiger partial charge in [-0.25, -0.2) is 0 Å². The van der Waals surface area contributed by atoms with Gasteiger partial charge in [-0.3, -0.25) is 0 Å². The van der Waals surface area contributed by atoms with Crippen LogP contribution in [0.15, 0.2) is 35.2 Å². The molecule has 0 unspecified atom stereocenters. The van der Waals surface area contributed by atoms with Gasteiger partial charge in [0.05, 0.1) is 0 Å². The molecule has 0 saturated carbocycles. The highest BCUT2D eigenvalue weighted by Crippen LogP contribution is 2.20. The van der Waals surface area contributed by atoms with Crippen molar-refractivity contribution in [2.45, 2.75) is 31.6 Å². The molecule has 0 aliphatic carbocycles. The summed E-state index contributed by atoms with van der Waals surface area (Å²) in [5.74, 6) is 1.89. The maximum atomic E-state index is 3.37. The molecule has 1 aromatic carbocycles. The first kappa shape index (κ1) is 14.6. The summed E-state index contributed by atoms with van der Waals surface area (Å²) in [5.41, 5.74) is 0. The molecule has 0 atom stereocenters. The van der Waals surface area contributed by atoms with Crippen molar-refractivity contribution >= 4 is 11.8 Å². The smallest absolute Gasteiger partial charge is 0.00691 e. The van der Waals surface area contributed by atoms with Crippen molar-refractivity contribution in [1.29, 1.82) is 0 Å². The van der Waals surface area contributed by atoms with Gasteiger partial charge in [0, 0.05) is 4.90 Å². The molecular weight excluding hydrogens is 226 g/mol. The van der Waals surface area contributed by atoms with Crippen LogP contribution in [0.3, 0.4) is 0 Å². The fraction of sp³-hybridized carbons (Fsp3) is 0.600. The predicted molar refractivity (Wildman–Crippen MR) is 78.7 cm³/mol. The van der Waals surface area contributed by atoms with E-state index in [2.05, 4.69) is 37.6 Å². The van der Waals surface area contributed by atoms with E-state index in [9.17, 15) is 0 Å². The Hall–Kier alpha value is -0.470. The van der Waals surface area contributed by atoms with Crippen molar-refractivity contribution in [3.8, 4) is 0 Å². The molecule has 1 aliphatic heterocycles. The molecule has 0 spiro atoms. The molecule has 0 bridgehead atoms. The first-order valence-electron chi connectivity index (χ1n) is 6.53. The lowest BCUT2D eigenvalue weighted by Crippen LogP contribution is -2.29. The maximum Gasteiger partial charge on any atom is 0.00691 e. The van der Waals surface area contributed by atoms with Crippen LogP contribution in [0.5, 0.6) is 0 Å². The predicted octanol–water partition coefficient (Wildman–Crippen LogP) is 4.05. The summed E-state index contributed by atoms with van der Waals surface area (Å²) < 4.78 is 0. The molecule has 1 fully saturated rings. The first-order valence-corrected chi connectivity index (χ1v) is 7.76. The average Bonchev–Trinajstić information content (AvgIpc) is 2.41. The lowest BCUT2D eigenvalue weighted by atomic mass is 9.87. The quantitative estimate of drug-likeness (QED) is 0.796. The summed E-state index contributed by atoms with van der Waals surface area (Å²) >= 11 is 1.77. The van der Waals surface area contributed by atoms with E-state index in [0.717, 1.165) is 11.8 Å². The zero-order valence-corrected chi connectivity index (χ0v) is 12.1. The Morgan fingerprint density at radius 2 is 1.71 bits per heavy atom. The van der Waals surface area contributed by atoms with E-state index in [-0.39, 0.29) is 0 Å². The largest absolute Gasteiger partial charge is 0.317 e. The van der Waals surface area contributed by atoms with Crippen LogP contribution in [0, 0.1) is 11.8 Å². The van der Waals surface area contributed by atoms with Crippen LogP contribution >= 0.6 is 11.8 Å². The highest BCUT2D eigenvalue weighted by molar-refractivity contribution is 7.98. The van der Waals surface area contributed by atoms with Gasteiger partial charge in [0.15, 0.2) is 0 Å². The Morgan fingerprint density at radius 1 is 1.12 bits per heavy atom. The van der Waals surface area contributed by atoms with E-state index in [0.29, 0.717) is 0 Å². The highest BCUT2D eigenvalue weighted by atomic mass is 32.2. The standard InChI is InChI=1S/C8H17N.C7H8S/c1-7(2)8-3-5-9-6-4-8;1-8-7-5-3-2-4-6-7/h7-9H,3-6H2,1-2H3;2-6H,1H3. The molecule has 2 rings (SSSR count). The Kier molecular flexibility index (Phi) is 7.38. The fourth-order valence-electron chi connectivity index (χ4n) is 2.07. The van der Waals surface area contributed by atoms with Gasteiger partial charge in [-0.15, -0.1) is 11.8 Å². The van der Waals surface area contributed by atoms with Gasteiger partial charge in [0.25, 0.3) is 0 Å². The van der Waals surface area contributed by atoms with Gasteiger partial charge in [0.2, 0.25) is 0 Å². The molecule has 1 aliphatic rings. The van der Waals surface area contributed by atoms with Gasteiger partial charge in [-0.2, -0.15) is 0 Å². The van der Waals surface area contributed by atoms with Gasteiger partial charge >= 0.3 is 0 Å². The summed E-state index contributed by atoms with van der Waals surface area (Å²) in [6, 6.07) is 10.3. The van der Waals surface area contributed by atoms with Crippen molar-refractivity contribution in [3.63, 3.8) is 0 Å². The molecule has 1 aromatic rings. The number of piperidine rings is 1. The number of hydrogen-bond donors (Lipinski definition) is 1. The molecule has 1 N–H and O–H groups in total. The molecule has 2 heteroatoms. The number of hydrogen-bond acceptors (Lipinski definition) is 2. The van der Waals surface area contributed by atoms with Crippen LogP contribution in [0.25, 0.3) is 0 Å². The second-order valence-corrected chi connectivity index (χ2v) is 5.73. The zero-order chi connectivity index (χ0) is 12.5. The van der Waals surface area contributed by atoms with Gasteiger partial charge < -0.3 is 5.32 Å². The molecule has 1 heterocycles. The van der Waals surface area contributed by atoms with Crippen molar-refractivity contribution in [3.05, 3.63) is 30.3 Å². The third-order valence-corrected chi connectivity index (χ3v) is 4.05. The molecule has 1 saturated heterocycles. The molecular formula is C15H25NS. The molecule has 1 nitrogen and oxygen atoms in total. The first-order chi connectivity index (χ1) is 8.24. The Balaban J connectivity index is 0.000000171. The lowest BCUT2D eigenvalue weighted by molar-refractivity contribution is 0.292. The average molecular weight is 251 g/mol. The van der Waals surface area contributed by atoms with Crippen LogP contribution in [-0.4, -0.2) is 19.3 Å². The molecule has 0 aromatic heterocycles. The number of thioether (sulfide) groups is 1. The van der Waals surface area contributed by atoms with Crippen molar-refractivity contribution < 1.29 is 0 Å². The van der Waals surface area contributed by atoms with Crippen LogP contribution < -0.4 is 5.32 Å². The van der Waals surface area contributed by atoms with E-state index < -0.39 is 0 Å². The molecule has 96 valence electrons. The summed E-state index contributed by atoms with van der Waals surface area (Å²) in [7, 11) is 0. The number of rotatable bonds is 2. The molecule has 17 heavy (non-hydrogen) atoms. The molecule has 0 amide bonds. The minimum atomic E-state index is 0.895. The van der Waals surface area contributed by atoms with Crippen LogP contribution in [0.4, 0.5) is 0 Å². The number of nitrogens with one attached hydrogen (secondary N) is 1. The Bertz CT molecular complexity index is 278. The summed E-state index contributed by atoms with van der Waals surface area (Å²) in [4.78, 5) is 1.33. The lowest BCUT2D eigenvalue weighted by Gasteiger charge is -2.25. The van der Waals surface area contributed by atoms with Gasteiger partial charge in [-0.05, 0) is 56.2 Å². The Labute approximate surface area is 110 Å². The normalized spacial score (nSPS) is 16.5. The summed E-state index contributed by atoms with van der Waals surface area (Å²) in [6.45, 7) is 7.14. The van der Waals surface area contributed by atoms with Crippen LogP contribution in [-0.2, 0) is 0 Å². The third-order valence-electron chi connectivity index (χ3n) is 3.31. The minimum Gasteiger partial charge on any atom is -0.317 e. The fourth-order valence-corrected chi connectivity index (χ4v) is 2.50. The van der Waals surface area contributed by atoms with Gasteiger partial charge in [-0.1, -0.05) is 32.0 Å². The summed E-state index contributed by atoms with van der Waals surface area (Å²) in [5, 5.41) is 3.37. The summed E-state index contributed by atoms with van der Waals surface area (Å²) in [6.07, 6.45) is 4.85. The SMILES string of the molecule is CC(C)C1CCNCC1.CSc1ccccc1. The van der Waals surface area contributed by atoms with E-state index in [4.69, 9.17) is 0 Å². The highest BCUT2D eigenvalue weighted by Gasteiger charge is 2.15. The van der Waals surface area contributed by atoms with E-state index >= 15 is 0 Å². The zero-order valence-electron chi connectivity index (χ0n) is 11.3. The second kappa shape index (κ2) is 8.60. The second-order valence-electron chi connectivity index (χ2n) is 4.85. The van der Waals surface area contributed by atoms with Crippen LogP contribution in [0.2, 0.25) is 0 Å². The maximum absolute atomic E-state index is 3.37. The minimum absolute atomic E-state index is 0.895. The third kappa shape index (κ3) is 6.13. The van der Waals surface area contributed by atoms with E-state index in [1.807, 2.05) is 18.2 Å². The van der Waals surface area contributed by atoms with E-state index in [1.54, 1.807) is 11.8 Å². The monoisotopic (exact) mass is 251 g/mol. The topological polar surface area (TPSA) is 12.0 Å². The Morgan fingerprint density at radius 3 is 2.06 bits per heavy atom. The molecule has 0 radical (unpaired) electrons. The van der Waals surface area contributed by atoms with Crippen LogP contribution in [0.1, 0.15) is 26.7 Å². The van der Waals surface area contributed by atoms with E-state index in [1.165, 1.54) is 30.8 Å². The van der Waals surface area contributed by atoms with Crippen molar-refractivity contribution in [2.24, 2.45) is 11.8 Å².